The lowest BCUT2D eigenvalue weighted by Crippen LogP contribution is -2.20. The summed E-state index contributed by atoms with van der Waals surface area (Å²) in [5, 5.41) is 12.8. The molecule has 64 valence electrons. The van der Waals surface area contributed by atoms with Crippen molar-refractivity contribution in [3.63, 3.8) is 0 Å². The van der Waals surface area contributed by atoms with Crippen molar-refractivity contribution >= 4 is 23.4 Å². The molecule has 0 aliphatic carbocycles. The van der Waals surface area contributed by atoms with Gasteiger partial charge in [0.05, 0.1) is 4.91 Å². The van der Waals surface area contributed by atoms with Crippen LogP contribution in [-0.4, -0.2) is 22.2 Å². The minimum Gasteiger partial charge on any atom is -0.477 e. The number of nitrogens with zero attached hydrogens (tertiary/aromatic N) is 1. The van der Waals surface area contributed by atoms with Gasteiger partial charge in [0.1, 0.15) is 5.37 Å². The van der Waals surface area contributed by atoms with Crippen molar-refractivity contribution in [3.05, 3.63) is 11.0 Å². The normalized spacial score (nSPS) is 32.1. The Bertz CT molecular complexity index is 298. The second-order valence-corrected chi connectivity index (χ2v) is 3.97. The van der Waals surface area contributed by atoms with Crippen molar-refractivity contribution in [1.29, 1.82) is 0 Å². The minimum atomic E-state index is -0.844. The van der Waals surface area contributed by atoms with Gasteiger partial charge in [-0.2, -0.15) is 5.10 Å². The molecule has 0 fully saturated rings. The van der Waals surface area contributed by atoms with Crippen LogP contribution in [-0.2, 0) is 4.79 Å². The van der Waals surface area contributed by atoms with Crippen LogP contribution in [0.3, 0.4) is 0 Å². The number of carboxylic acids is 1. The number of carbonyl (C=O) groups is 1. The molecule has 2 atom stereocenters. The fourth-order valence-corrected chi connectivity index (χ4v) is 2.43. The zero-order chi connectivity index (χ0) is 8.72. The van der Waals surface area contributed by atoms with Crippen LogP contribution >= 0.6 is 11.8 Å². The van der Waals surface area contributed by atoms with Crippen LogP contribution in [0.25, 0.3) is 0 Å². The Hall–Kier alpha value is -0.970. The van der Waals surface area contributed by atoms with Gasteiger partial charge in [-0.15, -0.1) is 0 Å². The molecule has 2 heterocycles. The third-order valence-electron chi connectivity index (χ3n) is 1.97. The van der Waals surface area contributed by atoms with Gasteiger partial charge in [0.15, 0.2) is 0 Å². The van der Waals surface area contributed by atoms with E-state index >= 15 is 0 Å². The predicted octanol–water partition coefficient (Wildman–Crippen LogP) is 0.623. The van der Waals surface area contributed by atoms with Crippen LogP contribution in [0, 0.1) is 5.92 Å². The summed E-state index contributed by atoms with van der Waals surface area (Å²) < 4.78 is 0. The molecule has 0 spiro atoms. The van der Waals surface area contributed by atoms with Crippen molar-refractivity contribution in [2.45, 2.75) is 12.3 Å². The van der Waals surface area contributed by atoms with E-state index in [-0.39, 0.29) is 11.3 Å². The predicted molar refractivity (Wildman–Crippen MR) is 46.8 cm³/mol. The highest BCUT2D eigenvalue weighted by Crippen LogP contribution is 2.38. The summed E-state index contributed by atoms with van der Waals surface area (Å²) in [6, 6.07) is 0. The zero-order valence-electron chi connectivity index (χ0n) is 6.44. The van der Waals surface area contributed by atoms with E-state index in [4.69, 9.17) is 5.11 Å². The van der Waals surface area contributed by atoms with E-state index in [2.05, 4.69) is 10.5 Å². The number of hydrazone groups is 1. The van der Waals surface area contributed by atoms with Crippen LogP contribution in [0.15, 0.2) is 16.1 Å². The van der Waals surface area contributed by atoms with E-state index in [9.17, 15) is 4.79 Å². The summed E-state index contributed by atoms with van der Waals surface area (Å²) in [6.07, 6.45) is 1.76. The van der Waals surface area contributed by atoms with E-state index < -0.39 is 5.97 Å². The van der Waals surface area contributed by atoms with Gasteiger partial charge >= 0.3 is 5.97 Å². The van der Waals surface area contributed by atoms with E-state index in [1.807, 2.05) is 6.92 Å². The maximum atomic E-state index is 10.6. The molecular formula is C7H8N2O2S. The second kappa shape index (κ2) is 2.52. The van der Waals surface area contributed by atoms with E-state index in [0.29, 0.717) is 4.91 Å². The molecule has 0 radical (unpaired) electrons. The average molecular weight is 184 g/mol. The van der Waals surface area contributed by atoms with Crippen molar-refractivity contribution in [2.75, 3.05) is 0 Å². The first-order valence-electron chi connectivity index (χ1n) is 3.60. The lowest BCUT2D eigenvalue weighted by atomic mass is 10.1. The molecule has 0 aromatic rings. The van der Waals surface area contributed by atoms with Crippen LogP contribution in [0.1, 0.15) is 6.92 Å². The number of nitrogens with one attached hydrogen (secondary N) is 1. The smallest absolute Gasteiger partial charge is 0.341 e. The summed E-state index contributed by atoms with van der Waals surface area (Å²) in [5.41, 5.74) is 3.85. The van der Waals surface area contributed by atoms with Crippen LogP contribution < -0.4 is 5.43 Å². The van der Waals surface area contributed by atoms with Crippen LogP contribution in [0.2, 0.25) is 0 Å². The number of carboxylic acid groups (broad SMARTS) is 1. The molecule has 4 nitrogen and oxygen atoms in total. The third-order valence-corrected chi connectivity index (χ3v) is 3.19. The number of fused-ring (bicyclic) bond motifs is 1. The summed E-state index contributed by atoms with van der Waals surface area (Å²) >= 11 is 1.33. The zero-order valence-corrected chi connectivity index (χ0v) is 7.26. The average Bonchev–Trinajstić information content (AvgIpc) is 2.53. The maximum absolute atomic E-state index is 10.6. The molecule has 2 aliphatic heterocycles. The first-order chi connectivity index (χ1) is 5.68. The van der Waals surface area contributed by atoms with E-state index in [0.717, 1.165) is 5.71 Å². The minimum absolute atomic E-state index is 0.107. The first-order valence-corrected chi connectivity index (χ1v) is 4.48. The van der Waals surface area contributed by atoms with Crippen LogP contribution in [0.4, 0.5) is 0 Å². The third kappa shape index (κ3) is 1.01. The fraction of sp³-hybridized carbons (Fsp3) is 0.429. The van der Waals surface area contributed by atoms with Crippen molar-refractivity contribution in [3.8, 4) is 0 Å². The highest BCUT2D eigenvalue weighted by molar-refractivity contribution is 8.04. The molecule has 2 N–H and O–H groups in total. The number of hydrogen-bond acceptors (Lipinski definition) is 4. The lowest BCUT2D eigenvalue weighted by molar-refractivity contribution is -0.131. The number of thioether (sulfide) groups is 1. The van der Waals surface area contributed by atoms with Gasteiger partial charge in [-0.3, -0.25) is 5.43 Å². The molecular weight excluding hydrogens is 176 g/mol. The molecule has 0 unspecified atom stereocenters. The Morgan fingerprint density at radius 3 is 3.17 bits per heavy atom. The Kier molecular flexibility index (Phi) is 1.61. The fourth-order valence-electron chi connectivity index (χ4n) is 1.31. The molecule has 12 heavy (non-hydrogen) atoms. The van der Waals surface area contributed by atoms with Gasteiger partial charge in [0.2, 0.25) is 0 Å². The summed E-state index contributed by atoms with van der Waals surface area (Å²) in [4.78, 5) is 11.0. The van der Waals surface area contributed by atoms with Gasteiger partial charge < -0.3 is 5.11 Å². The van der Waals surface area contributed by atoms with Crippen molar-refractivity contribution in [2.24, 2.45) is 11.0 Å². The van der Waals surface area contributed by atoms with Gasteiger partial charge in [0.25, 0.3) is 0 Å². The summed E-state index contributed by atoms with van der Waals surface area (Å²) in [6.45, 7) is 1.90. The molecule has 5 heteroatoms. The molecule has 0 amide bonds. The second-order valence-electron chi connectivity index (χ2n) is 2.78. The van der Waals surface area contributed by atoms with E-state index in [1.165, 1.54) is 11.8 Å². The van der Waals surface area contributed by atoms with Gasteiger partial charge in [-0.25, -0.2) is 4.79 Å². The first kappa shape index (κ1) is 7.67. The molecule has 2 rings (SSSR count). The largest absolute Gasteiger partial charge is 0.477 e. The summed E-state index contributed by atoms with van der Waals surface area (Å²) in [5.74, 6) is -0.676. The maximum Gasteiger partial charge on any atom is 0.341 e. The number of rotatable bonds is 1. The SMILES string of the molecule is CC1=NN[C@H]2SC(C(=O)O)=C[C@H]12. The molecule has 2 aliphatic rings. The molecule has 0 bridgehead atoms. The van der Waals surface area contributed by atoms with Gasteiger partial charge in [-0.1, -0.05) is 17.8 Å². The molecule has 0 saturated carbocycles. The highest BCUT2D eigenvalue weighted by atomic mass is 32.2. The van der Waals surface area contributed by atoms with E-state index in [1.54, 1.807) is 6.08 Å². The molecule has 0 saturated heterocycles. The van der Waals surface area contributed by atoms with Gasteiger partial charge in [0, 0.05) is 11.6 Å². The number of aliphatic carboxylic acids is 1. The monoisotopic (exact) mass is 184 g/mol. The van der Waals surface area contributed by atoms with Crippen LogP contribution in [0.5, 0.6) is 0 Å². The molecule has 0 aromatic heterocycles. The Morgan fingerprint density at radius 2 is 2.58 bits per heavy atom. The Morgan fingerprint density at radius 1 is 1.83 bits per heavy atom. The van der Waals surface area contributed by atoms with Crippen molar-refractivity contribution < 1.29 is 9.90 Å². The Balaban J connectivity index is 2.22. The molecule has 0 aromatic carbocycles. The topological polar surface area (TPSA) is 61.7 Å². The Labute approximate surface area is 73.7 Å². The highest BCUT2D eigenvalue weighted by Gasteiger charge is 2.36. The standard InChI is InChI=1S/C7H8N2O2S/c1-3-4-2-5(7(10)11)12-6(4)9-8-3/h2,4,6,9H,1H3,(H,10,11)/t4-,6+/m1/s1. The van der Waals surface area contributed by atoms with Gasteiger partial charge in [-0.05, 0) is 6.92 Å². The quantitative estimate of drug-likeness (QED) is 0.627. The number of hydrogen-bond donors (Lipinski definition) is 2. The van der Waals surface area contributed by atoms with Crippen molar-refractivity contribution in [1.82, 2.24) is 5.43 Å². The summed E-state index contributed by atoms with van der Waals surface area (Å²) in [7, 11) is 0. The lowest BCUT2D eigenvalue weighted by Gasteiger charge is -2.06.